The second-order valence-corrected chi connectivity index (χ2v) is 6.80. The molecule has 0 spiro atoms. The summed E-state index contributed by atoms with van der Waals surface area (Å²) in [6, 6.07) is 1.58. The van der Waals surface area contributed by atoms with Gasteiger partial charge in [0.15, 0.2) is 0 Å². The molecule has 0 unspecified atom stereocenters. The highest BCUT2D eigenvalue weighted by Gasteiger charge is 2.38. The zero-order valence-corrected chi connectivity index (χ0v) is 13.8. The van der Waals surface area contributed by atoms with Gasteiger partial charge >= 0.3 is 0 Å². The molecule has 126 valence electrons. The number of carbonyl (C=O) groups is 2. The minimum absolute atomic E-state index is 0.0428. The van der Waals surface area contributed by atoms with Crippen LogP contribution in [0.3, 0.4) is 0 Å². The lowest BCUT2D eigenvalue weighted by Crippen LogP contribution is -2.48. The molecule has 1 N–H and O–H groups in total. The molecule has 0 aromatic carbocycles. The van der Waals surface area contributed by atoms with Gasteiger partial charge in [-0.15, -0.1) is 0 Å². The first kappa shape index (κ1) is 16.0. The third-order valence-electron chi connectivity index (χ3n) is 5.12. The van der Waals surface area contributed by atoms with Gasteiger partial charge in [0.05, 0.1) is 12.2 Å². The van der Waals surface area contributed by atoms with Crippen molar-refractivity contribution in [3.8, 4) is 0 Å². The first-order valence-corrected chi connectivity index (χ1v) is 8.70. The number of H-pyrrole nitrogens is 1. The summed E-state index contributed by atoms with van der Waals surface area (Å²) in [5, 5.41) is 6.78. The van der Waals surface area contributed by atoms with Crippen molar-refractivity contribution in [3.63, 3.8) is 0 Å². The summed E-state index contributed by atoms with van der Waals surface area (Å²) in [6.07, 6.45) is 8.88. The lowest BCUT2D eigenvalue weighted by atomic mass is 9.88. The zero-order chi connectivity index (χ0) is 16.2. The summed E-state index contributed by atoms with van der Waals surface area (Å²) in [6.45, 7) is 1.23. The first-order chi connectivity index (χ1) is 11.2. The molecule has 2 fully saturated rings. The Hall–Kier alpha value is -1.85. The number of aromatic nitrogens is 2. The number of likely N-dealkylation sites (N-methyl/N-ethyl adjacent to an activating group) is 1. The van der Waals surface area contributed by atoms with E-state index < -0.39 is 0 Å². The Kier molecular flexibility index (Phi) is 4.98. The van der Waals surface area contributed by atoms with E-state index in [9.17, 15) is 9.59 Å². The Morgan fingerprint density at radius 1 is 1.26 bits per heavy atom. The van der Waals surface area contributed by atoms with Crippen molar-refractivity contribution in [2.24, 2.45) is 5.92 Å². The molecule has 6 heteroatoms. The van der Waals surface area contributed by atoms with Crippen molar-refractivity contribution in [3.05, 3.63) is 18.0 Å². The molecular weight excluding hydrogens is 292 g/mol. The SMILES string of the molecule is CN(Cc1ccn[nH]1)C(=O)[C@H]1CCCN1C(=O)C1CCCCC1. The summed E-state index contributed by atoms with van der Waals surface area (Å²) in [5.41, 5.74) is 0.906. The van der Waals surface area contributed by atoms with E-state index in [1.165, 1.54) is 6.42 Å². The quantitative estimate of drug-likeness (QED) is 0.922. The van der Waals surface area contributed by atoms with Gasteiger partial charge in [-0.1, -0.05) is 19.3 Å². The van der Waals surface area contributed by atoms with Gasteiger partial charge in [-0.3, -0.25) is 14.7 Å². The Balaban J connectivity index is 1.63. The van der Waals surface area contributed by atoms with Crippen LogP contribution in [0.5, 0.6) is 0 Å². The van der Waals surface area contributed by atoms with Gasteiger partial charge in [-0.2, -0.15) is 5.10 Å². The van der Waals surface area contributed by atoms with Crippen molar-refractivity contribution < 1.29 is 9.59 Å². The van der Waals surface area contributed by atoms with Crippen LogP contribution in [0.4, 0.5) is 0 Å². The minimum Gasteiger partial charge on any atom is -0.338 e. The Morgan fingerprint density at radius 2 is 2.04 bits per heavy atom. The lowest BCUT2D eigenvalue weighted by Gasteiger charge is -2.31. The van der Waals surface area contributed by atoms with Crippen LogP contribution in [0.1, 0.15) is 50.6 Å². The van der Waals surface area contributed by atoms with E-state index in [0.717, 1.165) is 50.8 Å². The molecule has 2 heterocycles. The number of hydrogen-bond acceptors (Lipinski definition) is 3. The number of amides is 2. The molecule has 0 radical (unpaired) electrons. The molecule has 1 aliphatic carbocycles. The van der Waals surface area contributed by atoms with Crippen LogP contribution in [0.2, 0.25) is 0 Å². The van der Waals surface area contributed by atoms with Gasteiger partial charge in [0.25, 0.3) is 0 Å². The average Bonchev–Trinajstić information content (AvgIpc) is 3.25. The molecule has 1 saturated heterocycles. The Bertz CT molecular complexity index is 537. The number of likely N-dealkylation sites (tertiary alicyclic amines) is 1. The smallest absolute Gasteiger partial charge is 0.245 e. The monoisotopic (exact) mass is 318 g/mol. The molecule has 2 amide bonds. The number of nitrogens with one attached hydrogen (secondary N) is 1. The number of nitrogens with zero attached hydrogens (tertiary/aromatic N) is 3. The molecule has 0 bridgehead atoms. The van der Waals surface area contributed by atoms with E-state index in [4.69, 9.17) is 0 Å². The van der Waals surface area contributed by atoms with Gasteiger partial charge in [0.2, 0.25) is 11.8 Å². The van der Waals surface area contributed by atoms with E-state index in [0.29, 0.717) is 6.54 Å². The topological polar surface area (TPSA) is 69.3 Å². The molecular formula is C17H26N4O2. The fourth-order valence-electron chi connectivity index (χ4n) is 3.83. The molecule has 23 heavy (non-hydrogen) atoms. The molecule has 1 atom stereocenters. The minimum atomic E-state index is -0.280. The highest BCUT2D eigenvalue weighted by molar-refractivity contribution is 5.89. The maximum absolute atomic E-state index is 12.8. The Morgan fingerprint density at radius 3 is 2.74 bits per heavy atom. The summed E-state index contributed by atoms with van der Waals surface area (Å²) in [7, 11) is 1.80. The van der Waals surface area contributed by atoms with Gasteiger partial charge in [0.1, 0.15) is 6.04 Å². The first-order valence-electron chi connectivity index (χ1n) is 8.70. The number of carbonyl (C=O) groups excluding carboxylic acids is 2. The normalized spacial score (nSPS) is 22.3. The summed E-state index contributed by atoms with van der Waals surface area (Å²) in [4.78, 5) is 29.1. The zero-order valence-electron chi connectivity index (χ0n) is 13.8. The van der Waals surface area contributed by atoms with Gasteiger partial charge in [-0.25, -0.2) is 0 Å². The standard InChI is InChI=1S/C17H26N4O2/c1-20(12-14-9-10-18-19-14)17(23)15-8-5-11-21(15)16(22)13-6-3-2-4-7-13/h9-10,13,15H,2-8,11-12H2,1H3,(H,18,19)/t15-/m1/s1. The van der Waals surface area contributed by atoms with Crippen molar-refractivity contribution in [2.75, 3.05) is 13.6 Å². The molecule has 6 nitrogen and oxygen atoms in total. The predicted molar refractivity (Wildman–Crippen MR) is 86.4 cm³/mol. The molecule has 1 saturated carbocycles. The van der Waals surface area contributed by atoms with Crippen LogP contribution in [0.25, 0.3) is 0 Å². The van der Waals surface area contributed by atoms with E-state index in [1.54, 1.807) is 18.1 Å². The predicted octanol–water partition coefficient (Wildman–Crippen LogP) is 1.94. The molecule has 1 aromatic rings. The third kappa shape index (κ3) is 3.57. The summed E-state index contributed by atoms with van der Waals surface area (Å²) < 4.78 is 0. The van der Waals surface area contributed by atoms with Crippen LogP contribution in [0.15, 0.2) is 12.3 Å². The van der Waals surface area contributed by atoms with Crippen LogP contribution < -0.4 is 0 Å². The second kappa shape index (κ2) is 7.15. The number of aromatic amines is 1. The maximum atomic E-state index is 12.8. The van der Waals surface area contributed by atoms with Crippen molar-refractivity contribution in [1.82, 2.24) is 20.0 Å². The van der Waals surface area contributed by atoms with E-state index in [1.807, 2.05) is 11.0 Å². The molecule has 2 aliphatic rings. The van der Waals surface area contributed by atoms with Crippen LogP contribution >= 0.6 is 0 Å². The third-order valence-corrected chi connectivity index (χ3v) is 5.12. The van der Waals surface area contributed by atoms with Crippen molar-refractivity contribution in [2.45, 2.75) is 57.5 Å². The highest BCUT2D eigenvalue weighted by atomic mass is 16.2. The van der Waals surface area contributed by atoms with E-state index in [2.05, 4.69) is 10.2 Å². The Labute approximate surface area is 137 Å². The van der Waals surface area contributed by atoms with Crippen LogP contribution in [-0.4, -0.2) is 51.4 Å². The molecule has 3 rings (SSSR count). The van der Waals surface area contributed by atoms with Crippen LogP contribution in [-0.2, 0) is 16.1 Å². The number of hydrogen-bond donors (Lipinski definition) is 1. The lowest BCUT2D eigenvalue weighted by molar-refractivity contribution is -0.146. The average molecular weight is 318 g/mol. The second-order valence-electron chi connectivity index (χ2n) is 6.80. The van der Waals surface area contributed by atoms with Gasteiger partial charge < -0.3 is 9.80 Å². The maximum Gasteiger partial charge on any atom is 0.245 e. The molecule has 1 aromatic heterocycles. The number of rotatable bonds is 4. The van der Waals surface area contributed by atoms with Crippen molar-refractivity contribution >= 4 is 11.8 Å². The van der Waals surface area contributed by atoms with Crippen LogP contribution in [0, 0.1) is 5.92 Å². The summed E-state index contributed by atoms with van der Waals surface area (Å²) >= 11 is 0. The fourth-order valence-corrected chi connectivity index (χ4v) is 3.83. The van der Waals surface area contributed by atoms with Gasteiger partial charge in [-0.05, 0) is 31.7 Å². The largest absolute Gasteiger partial charge is 0.338 e. The van der Waals surface area contributed by atoms with E-state index in [-0.39, 0.29) is 23.8 Å². The van der Waals surface area contributed by atoms with Crippen molar-refractivity contribution in [1.29, 1.82) is 0 Å². The van der Waals surface area contributed by atoms with Gasteiger partial charge in [0, 0.05) is 25.7 Å². The van der Waals surface area contributed by atoms with E-state index >= 15 is 0 Å². The fraction of sp³-hybridized carbons (Fsp3) is 0.706. The molecule has 1 aliphatic heterocycles. The highest BCUT2D eigenvalue weighted by Crippen LogP contribution is 2.29. The summed E-state index contributed by atoms with van der Waals surface area (Å²) in [5.74, 6) is 0.381.